The van der Waals surface area contributed by atoms with E-state index in [9.17, 15) is 17.6 Å². The number of rotatable bonds is 2. The van der Waals surface area contributed by atoms with E-state index in [1.165, 1.54) is 0 Å². The zero-order valence-electron chi connectivity index (χ0n) is 7.98. The number of ether oxygens (including phenoxy) is 1. The van der Waals surface area contributed by atoms with Crippen LogP contribution >= 0.6 is 15.9 Å². The number of alkyl halides is 3. The maximum absolute atomic E-state index is 13.0. The highest BCUT2D eigenvalue weighted by Crippen LogP contribution is 2.39. The molecule has 0 aliphatic heterocycles. The Hall–Kier alpha value is -0.820. The van der Waals surface area contributed by atoms with Crippen molar-refractivity contribution in [2.45, 2.75) is 12.3 Å². The lowest BCUT2D eigenvalue weighted by atomic mass is 10.1. The normalized spacial score (nSPS) is 13.7. The molecular formula is C9H7BrF4O2. The fourth-order valence-electron chi connectivity index (χ4n) is 1.11. The predicted octanol–water partition coefficient (Wildman–Crippen LogP) is 3.19. The zero-order chi connectivity index (χ0) is 12.5. The van der Waals surface area contributed by atoms with E-state index in [0.717, 1.165) is 19.2 Å². The van der Waals surface area contributed by atoms with E-state index in [0.29, 0.717) is 0 Å². The Labute approximate surface area is 97.0 Å². The van der Waals surface area contributed by atoms with E-state index in [1.54, 1.807) is 0 Å². The first-order chi connectivity index (χ1) is 7.27. The summed E-state index contributed by atoms with van der Waals surface area (Å²) in [6, 6.07) is 1.61. The summed E-state index contributed by atoms with van der Waals surface area (Å²) >= 11 is 2.74. The highest BCUT2D eigenvalue weighted by Gasteiger charge is 2.41. The Morgan fingerprint density at radius 1 is 1.38 bits per heavy atom. The van der Waals surface area contributed by atoms with E-state index in [4.69, 9.17) is 5.11 Å². The van der Waals surface area contributed by atoms with Crippen LogP contribution in [-0.2, 0) is 0 Å². The summed E-state index contributed by atoms with van der Waals surface area (Å²) in [4.78, 5) is 0. The van der Waals surface area contributed by atoms with Crippen molar-refractivity contribution < 1.29 is 27.4 Å². The van der Waals surface area contributed by atoms with Gasteiger partial charge in [0.25, 0.3) is 0 Å². The van der Waals surface area contributed by atoms with Gasteiger partial charge in [-0.2, -0.15) is 13.2 Å². The van der Waals surface area contributed by atoms with Crippen molar-refractivity contribution in [3.8, 4) is 5.75 Å². The molecule has 1 aromatic rings. The quantitative estimate of drug-likeness (QED) is 0.850. The molecule has 0 aliphatic carbocycles. The van der Waals surface area contributed by atoms with Crippen LogP contribution in [-0.4, -0.2) is 18.4 Å². The van der Waals surface area contributed by atoms with E-state index >= 15 is 0 Å². The summed E-state index contributed by atoms with van der Waals surface area (Å²) in [7, 11) is 1.09. The molecule has 1 unspecified atom stereocenters. The van der Waals surface area contributed by atoms with Gasteiger partial charge in [-0.05, 0) is 22.0 Å². The molecule has 1 N–H and O–H groups in total. The molecule has 0 radical (unpaired) electrons. The van der Waals surface area contributed by atoms with Crippen LogP contribution in [0, 0.1) is 5.82 Å². The van der Waals surface area contributed by atoms with Gasteiger partial charge in [0.2, 0.25) is 0 Å². The van der Waals surface area contributed by atoms with Crippen molar-refractivity contribution in [3.63, 3.8) is 0 Å². The Bertz CT molecular complexity index is 392. The number of halogens is 5. The van der Waals surface area contributed by atoms with Crippen LogP contribution in [0.25, 0.3) is 0 Å². The largest absolute Gasteiger partial charge is 0.496 e. The lowest BCUT2D eigenvalue weighted by Crippen LogP contribution is -2.21. The molecule has 0 fully saturated rings. The SMILES string of the molecule is COc1cc(F)c(Br)cc1C(O)C(F)(F)F. The molecule has 1 rings (SSSR count). The summed E-state index contributed by atoms with van der Waals surface area (Å²) in [6.45, 7) is 0. The first-order valence-corrected chi connectivity index (χ1v) is 4.84. The first-order valence-electron chi connectivity index (χ1n) is 4.05. The fraction of sp³-hybridized carbons (Fsp3) is 0.333. The van der Waals surface area contributed by atoms with Crippen molar-refractivity contribution >= 4 is 15.9 Å². The van der Waals surface area contributed by atoms with Crippen LogP contribution in [0.3, 0.4) is 0 Å². The summed E-state index contributed by atoms with van der Waals surface area (Å²) < 4.78 is 54.2. The van der Waals surface area contributed by atoms with Gasteiger partial charge in [0.1, 0.15) is 11.6 Å². The second-order valence-corrected chi connectivity index (χ2v) is 3.81. The monoisotopic (exact) mass is 302 g/mol. The molecule has 90 valence electrons. The topological polar surface area (TPSA) is 29.5 Å². The fourth-order valence-corrected chi connectivity index (χ4v) is 1.47. The van der Waals surface area contributed by atoms with Gasteiger partial charge in [-0.3, -0.25) is 0 Å². The zero-order valence-corrected chi connectivity index (χ0v) is 9.56. The van der Waals surface area contributed by atoms with Gasteiger partial charge in [-0.1, -0.05) is 0 Å². The number of hydrogen-bond acceptors (Lipinski definition) is 2. The van der Waals surface area contributed by atoms with Gasteiger partial charge < -0.3 is 9.84 Å². The van der Waals surface area contributed by atoms with Crippen molar-refractivity contribution in [1.82, 2.24) is 0 Å². The lowest BCUT2D eigenvalue weighted by Gasteiger charge is -2.18. The lowest BCUT2D eigenvalue weighted by molar-refractivity contribution is -0.207. The van der Waals surface area contributed by atoms with E-state index in [-0.39, 0.29) is 10.2 Å². The average molecular weight is 303 g/mol. The van der Waals surface area contributed by atoms with Crippen LogP contribution in [0.1, 0.15) is 11.7 Å². The van der Waals surface area contributed by atoms with E-state index in [1.807, 2.05) is 0 Å². The first kappa shape index (κ1) is 13.2. The summed E-state index contributed by atoms with van der Waals surface area (Å²) in [5.41, 5.74) is -0.539. The average Bonchev–Trinajstić information content (AvgIpc) is 2.19. The van der Waals surface area contributed by atoms with Gasteiger partial charge in [-0.25, -0.2) is 4.39 Å². The molecule has 16 heavy (non-hydrogen) atoms. The molecule has 0 amide bonds. The molecule has 1 atom stereocenters. The Morgan fingerprint density at radius 3 is 2.38 bits per heavy atom. The van der Waals surface area contributed by atoms with Crippen LogP contribution in [0.2, 0.25) is 0 Å². The van der Waals surface area contributed by atoms with Crippen molar-refractivity contribution in [1.29, 1.82) is 0 Å². The summed E-state index contributed by atoms with van der Waals surface area (Å²) in [6.07, 6.45) is -7.54. The van der Waals surface area contributed by atoms with Crippen LogP contribution in [0.15, 0.2) is 16.6 Å². The van der Waals surface area contributed by atoms with Crippen molar-refractivity contribution in [3.05, 3.63) is 28.0 Å². The van der Waals surface area contributed by atoms with E-state index < -0.39 is 23.7 Å². The van der Waals surface area contributed by atoms with Crippen molar-refractivity contribution in [2.24, 2.45) is 0 Å². The maximum atomic E-state index is 13.0. The molecule has 0 aromatic heterocycles. The number of aliphatic hydroxyl groups excluding tert-OH is 1. The van der Waals surface area contributed by atoms with Crippen LogP contribution in [0.4, 0.5) is 17.6 Å². The molecule has 0 spiro atoms. The van der Waals surface area contributed by atoms with Gasteiger partial charge in [0, 0.05) is 11.6 Å². The second-order valence-electron chi connectivity index (χ2n) is 2.95. The van der Waals surface area contributed by atoms with Gasteiger partial charge in [-0.15, -0.1) is 0 Å². The molecule has 0 heterocycles. The Balaban J connectivity index is 3.27. The molecule has 0 saturated carbocycles. The third kappa shape index (κ3) is 2.65. The molecule has 2 nitrogen and oxygen atoms in total. The number of methoxy groups -OCH3 is 1. The van der Waals surface area contributed by atoms with Gasteiger partial charge in [0.05, 0.1) is 11.6 Å². The Morgan fingerprint density at radius 2 is 1.94 bits per heavy atom. The highest BCUT2D eigenvalue weighted by molar-refractivity contribution is 9.10. The number of aliphatic hydroxyl groups is 1. The Kier molecular flexibility index (Phi) is 3.80. The molecular weight excluding hydrogens is 296 g/mol. The minimum absolute atomic E-state index is 0.174. The molecule has 0 aliphatic rings. The molecule has 7 heteroatoms. The second kappa shape index (κ2) is 4.58. The third-order valence-electron chi connectivity index (χ3n) is 1.88. The molecule has 0 bridgehead atoms. The van der Waals surface area contributed by atoms with Crippen LogP contribution in [0.5, 0.6) is 5.75 Å². The molecule has 0 saturated heterocycles. The maximum Gasteiger partial charge on any atom is 0.418 e. The van der Waals surface area contributed by atoms with Crippen molar-refractivity contribution in [2.75, 3.05) is 7.11 Å². The van der Waals surface area contributed by atoms with Gasteiger partial charge >= 0.3 is 6.18 Å². The summed E-state index contributed by atoms with van der Waals surface area (Å²) in [5.74, 6) is -1.12. The predicted molar refractivity (Wildman–Crippen MR) is 51.7 cm³/mol. The van der Waals surface area contributed by atoms with Gasteiger partial charge in [0.15, 0.2) is 6.10 Å². The smallest absolute Gasteiger partial charge is 0.418 e. The minimum Gasteiger partial charge on any atom is -0.496 e. The third-order valence-corrected chi connectivity index (χ3v) is 2.48. The summed E-state index contributed by atoms with van der Waals surface area (Å²) in [5, 5.41) is 9.04. The number of hydrogen-bond donors (Lipinski definition) is 1. The standard InChI is InChI=1S/C9H7BrF4O2/c1-16-7-3-6(11)5(10)2-4(7)8(15)9(12,13)14/h2-3,8,15H,1H3. The van der Waals surface area contributed by atoms with E-state index in [2.05, 4.69) is 20.7 Å². The minimum atomic E-state index is -4.83. The number of benzene rings is 1. The van der Waals surface area contributed by atoms with Crippen LogP contribution < -0.4 is 4.74 Å². The highest BCUT2D eigenvalue weighted by atomic mass is 79.9. The molecule has 1 aromatic carbocycles.